The lowest BCUT2D eigenvalue weighted by Gasteiger charge is -2.71. The molecule has 0 aromatic heterocycles. The van der Waals surface area contributed by atoms with Crippen LogP contribution in [-0.4, -0.2) is 73.2 Å². The lowest BCUT2D eigenvalue weighted by molar-refractivity contribution is -0.175. The Bertz CT molecular complexity index is 1750. The fourth-order valence-corrected chi connectivity index (χ4v) is 11.4. The van der Waals surface area contributed by atoms with Gasteiger partial charge in [0.2, 0.25) is 0 Å². The quantitative estimate of drug-likeness (QED) is 0.199. The topological polar surface area (TPSA) is 115 Å². The molecule has 2 N–H and O–H groups in total. The number of hydrogen-bond donors (Lipinski definition) is 2. The van der Waals surface area contributed by atoms with Crippen molar-refractivity contribution in [3.8, 4) is 17.2 Å². The number of methoxy groups -OCH3 is 3. The molecule has 2 bridgehead atoms. The van der Waals surface area contributed by atoms with Crippen molar-refractivity contribution in [2.45, 2.75) is 84.0 Å². The van der Waals surface area contributed by atoms with Gasteiger partial charge in [0.15, 0.2) is 5.78 Å². The lowest BCUT2D eigenvalue weighted by atomic mass is 9.32. The summed E-state index contributed by atoms with van der Waals surface area (Å²) < 4.78 is 22.0. The summed E-state index contributed by atoms with van der Waals surface area (Å²) in [6.45, 7) is 6.81. The van der Waals surface area contributed by atoms with E-state index in [1.165, 1.54) is 0 Å². The van der Waals surface area contributed by atoms with Crippen LogP contribution in [0, 0.1) is 33.5 Å². The SMILES string of the molecule is CCOC(=O)N(Cc1ccc(OC)cc1OC)CC1(O)CCC2C34C=CC5(C=C3C(=O)c3ccc(OC)cc3)CC(O)CCC5(C)C4CCC21C. The van der Waals surface area contributed by atoms with E-state index in [4.69, 9.17) is 18.9 Å². The van der Waals surface area contributed by atoms with E-state index in [2.05, 4.69) is 32.1 Å². The maximum Gasteiger partial charge on any atom is 0.410 e. The van der Waals surface area contributed by atoms with E-state index in [-0.39, 0.29) is 42.7 Å². The van der Waals surface area contributed by atoms with Gasteiger partial charge in [-0.2, -0.15) is 0 Å². The fourth-order valence-electron chi connectivity index (χ4n) is 11.4. The molecule has 1 amide bonds. The maximum absolute atomic E-state index is 14.8. The number of carbonyl (C=O) groups excluding carboxylic acids is 2. The van der Waals surface area contributed by atoms with E-state index in [0.29, 0.717) is 42.1 Å². The number of allylic oxidation sites excluding steroid dienone is 4. The molecule has 3 fully saturated rings. The lowest BCUT2D eigenvalue weighted by Crippen LogP contribution is -2.67. The highest BCUT2D eigenvalue weighted by Gasteiger charge is 2.74. The van der Waals surface area contributed by atoms with Crippen molar-refractivity contribution in [1.29, 1.82) is 0 Å². The van der Waals surface area contributed by atoms with Gasteiger partial charge in [0.25, 0.3) is 0 Å². The zero-order valence-electron chi connectivity index (χ0n) is 30.9. The van der Waals surface area contributed by atoms with E-state index in [9.17, 15) is 19.8 Å². The predicted molar refractivity (Wildman–Crippen MR) is 193 cm³/mol. The number of hydrogen-bond acceptors (Lipinski definition) is 8. The third-order valence-corrected chi connectivity index (χ3v) is 14.1. The van der Waals surface area contributed by atoms with Gasteiger partial charge in [-0.25, -0.2) is 4.79 Å². The summed E-state index contributed by atoms with van der Waals surface area (Å²) in [4.78, 5) is 30.1. The van der Waals surface area contributed by atoms with Crippen molar-refractivity contribution in [3.05, 3.63) is 77.4 Å². The molecule has 274 valence electrons. The van der Waals surface area contributed by atoms with Gasteiger partial charge in [-0.15, -0.1) is 0 Å². The van der Waals surface area contributed by atoms with Crippen LogP contribution in [0.1, 0.15) is 81.6 Å². The zero-order valence-corrected chi connectivity index (χ0v) is 30.9. The number of nitrogens with zero attached hydrogens (tertiary/aromatic N) is 1. The van der Waals surface area contributed by atoms with Crippen LogP contribution in [0.25, 0.3) is 0 Å². The van der Waals surface area contributed by atoms with Crippen molar-refractivity contribution in [3.63, 3.8) is 0 Å². The number of fused-ring (bicyclic) bond motifs is 1. The van der Waals surface area contributed by atoms with E-state index in [0.717, 1.165) is 36.8 Å². The van der Waals surface area contributed by atoms with E-state index in [1.54, 1.807) is 39.2 Å². The van der Waals surface area contributed by atoms with Gasteiger partial charge in [0.05, 0.1) is 52.7 Å². The molecular formula is C42H53NO8. The number of carbonyl (C=O) groups is 2. The smallest absolute Gasteiger partial charge is 0.410 e. The van der Waals surface area contributed by atoms with Gasteiger partial charge in [0, 0.05) is 39.0 Å². The van der Waals surface area contributed by atoms with Gasteiger partial charge in [-0.3, -0.25) is 4.79 Å². The molecule has 9 heteroatoms. The monoisotopic (exact) mass is 699 g/mol. The van der Waals surface area contributed by atoms with Gasteiger partial charge in [-0.1, -0.05) is 32.1 Å². The molecule has 3 saturated carbocycles. The summed E-state index contributed by atoms with van der Waals surface area (Å²) >= 11 is 0. The summed E-state index contributed by atoms with van der Waals surface area (Å²) in [5, 5.41) is 24.0. The van der Waals surface area contributed by atoms with Crippen molar-refractivity contribution >= 4 is 11.9 Å². The van der Waals surface area contributed by atoms with Crippen molar-refractivity contribution in [2.75, 3.05) is 34.5 Å². The minimum absolute atomic E-state index is 0.00654. The maximum atomic E-state index is 14.8. The second kappa shape index (κ2) is 12.7. The summed E-state index contributed by atoms with van der Waals surface area (Å²) in [5.74, 6) is 2.02. The molecule has 0 heterocycles. The second-order valence-corrected chi connectivity index (χ2v) is 16.1. The molecule has 2 aromatic carbocycles. The largest absolute Gasteiger partial charge is 0.497 e. The molecule has 6 aliphatic carbocycles. The number of amides is 1. The average Bonchev–Trinajstić information content (AvgIpc) is 3.40. The predicted octanol–water partition coefficient (Wildman–Crippen LogP) is 7.14. The summed E-state index contributed by atoms with van der Waals surface area (Å²) in [6.07, 6.45) is 10.9. The average molecular weight is 700 g/mol. The van der Waals surface area contributed by atoms with Crippen molar-refractivity contribution in [1.82, 2.24) is 4.90 Å². The molecule has 8 unspecified atom stereocenters. The Morgan fingerprint density at radius 1 is 0.863 bits per heavy atom. The Hall–Kier alpha value is -3.82. The summed E-state index contributed by atoms with van der Waals surface area (Å²) in [6, 6.07) is 12.8. The van der Waals surface area contributed by atoms with Crippen LogP contribution >= 0.6 is 0 Å². The second-order valence-electron chi connectivity index (χ2n) is 16.1. The van der Waals surface area contributed by atoms with Crippen LogP contribution in [-0.2, 0) is 11.3 Å². The number of Topliss-reactive ketones (excluding diaryl/α,β-unsaturated/α-hetero) is 1. The first-order valence-corrected chi connectivity index (χ1v) is 18.5. The molecule has 2 spiro atoms. The molecule has 8 rings (SSSR count). The number of rotatable bonds is 10. The van der Waals surface area contributed by atoms with Crippen LogP contribution in [0.2, 0.25) is 0 Å². The minimum atomic E-state index is -1.25. The molecule has 6 aliphatic rings. The number of benzene rings is 2. The summed E-state index contributed by atoms with van der Waals surface area (Å²) in [5.41, 5.74) is -0.875. The van der Waals surface area contributed by atoms with Gasteiger partial charge >= 0.3 is 6.09 Å². The first-order valence-electron chi connectivity index (χ1n) is 18.5. The Labute approximate surface area is 301 Å². The summed E-state index contributed by atoms with van der Waals surface area (Å²) in [7, 11) is 4.80. The van der Waals surface area contributed by atoms with Crippen LogP contribution in [0.15, 0.2) is 66.3 Å². The Morgan fingerprint density at radius 2 is 1.53 bits per heavy atom. The number of aliphatic hydroxyl groups is 2. The number of ether oxygens (including phenoxy) is 4. The van der Waals surface area contributed by atoms with Crippen LogP contribution in [0.5, 0.6) is 17.2 Å². The molecule has 9 nitrogen and oxygen atoms in total. The standard InChI is InChI=1S/C42H53NO8/c1-7-51-37(46)43(25-28-10-13-31(49-5)22-33(28)50-6)26-41(47)19-16-35-39(41,3)18-15-34-38(2)17-14-29(44)23-40(38)20-21-42(34,35)32(24-40)36(45)27-8-11-30(48-4)12-9-27/h8-13,20-22,24,29,34-35,44,47H,7,14-19,23,25-26H2,1-6H3. The Morgan fingerprint density at radius 3 is 2.22 bits per heavy atom. The third-order valence-electron chi connectivity index (χ3n) is 14.1. The van der Waals surface area contributed by atoms with Crippen LogP contribution in [0.4, 0.5) is 4.79 Å². The molecule has 2 aromatic rings. The van der Waals surface area contributed by atoms with Gasteiger partial charge < -0.3 is 34.1 Å². The van der Waals surface area contributed by atoms with Crippen LogP contribution < -0.4 is 14.2 Å². The highest BCUT2D eigenvalue weighted by molar-refractivity contribution is 6.10. The Kier molecular flexibility index (Phi) is 8.85. The van der Waals surface area contributed by atoms with Crippen molar-refractivity contribution in [2.24, 2.45) is 33.5 Å². The number of ketones is 1. The molecule has 0 saturated heterocycles. The fraction of sp³-hybridized carbons (Fsp3) is 0.571. The normalized spacial score (nSPS) is 35.9. The molecule has 0 aliphatic heterocycles. The van der Waals surface area contributed by atoms with Crippen molar-refractivity contribution < 1.29 is 38.7 Å². The molecular weight excluding hydrogens is 646 g/mol. The molecule has 51 heavy (non-hydrogen) atoms. The third kappa shape index (κ3) is 5.16. The first-order chi connectivity index (χ1) is 24.3. The van der Waals surface area contributed by atoms with E-state index >= 15 is 0 Å². The van der Waals surface area contributed by atoms with E-state index in [1.807, 2.05) is 36.4 Å². The molecule has 8 atom stereocenters. The van der Waals surface area contributed by atoms with E-state index < -0.39 is 34.0 Å². The highest BCUT2D eigenvalue weighted by Crippen LogP contribution is 2.78. The minimum Gasteiger partial charge on any atom is -0.497 e. The number of aliphatic hydroxyl groups excluding tert-OH is 1. The highest BCUT2D eigenvalue weighted by atomic mass is 16.6. The molecule has 0 radical (unpaired) electrons. The van der Waals surface area contributed by atoms with Gasteiger partial charge in [-0.05, 0) is 106 Å². The van der Waals surface area contributed by atoms with Gasteiger partial charge in [0.1, 0.15) is 17.2 Å². The first kappa shape index (κ1) is 35.6. The van der Waals surface area contributed by atoms with Crippen LogP contribution in [0.3, 0.4) is 0 Å². The zero-order chi connectivity index (χ0) is 36.4. The Balaban J connectivity index is 1.29.